The van der Waals surface area contributed by atoms with E-state index in [0.717, 1.165) is 50.2 Å². The van der Waals surface area contributed by atoms with Gasteiger partial charge in [-0.1, -0.05) is 13.8 Å². The Morgan fingerprint density at radius 3 is 2.61 bits per heavy atom. The van der Waals surface area contributed by atoms with E-state index in [4.69, 9.17) is 4.42 Å². The van der Waals surface area contributed by atoms with E-state index in [9.17, 15) is 0 Å². The molecule has 1 atom stereocenters. The highest BCUT2D eigenvalue weighted by Gasteiger charge is 2.27. The van der Waals surface area contributed by atoms with Crippen molar-refractivity contribution < 1.29 is 4.42 Å². The number of nitrogens with one attached hydrogen (secondary N) is 1. The summed E-state index contributed by atoms with van der Waals surface area (Å²) in [4.78, 5) is 9.35. The Hall–Kier alpha value is -0.760. The Bertz CT molecular complexity index is 511. The smallest absolute Gasteiger partial charge is 0.193 e. The summed E-state index contributed by atoms with van der Waals surface area (Å²) < 4.78 is 5.58. The number of nitrogens with zero attached hydrogens (tertiary/aromatic N) is 3. The summed E-state index contributed by atoms with van der Waals surface area (Å²) in [5, 5.41) is 3.47. The van der Waals surface area contributed by atoms with Crippen LogP contribution >= 0.6 is 24.0 Å². The molecule has 5 nitrogen and oxygen atoms in total. The van der Waals surface area contributed by atoms with Crippen molar-refractivity contribution in [3.63, 3.8) is 0 Å². The van der Waals surface area contributed by atoms with Gasteiger partial charge in [0.05, 0.1) is 0 Å². The fourth-order valence-corrected chi connectivity index (χ4v) is 3.34. The van der Waals surface area contributed by atoms with Crippen molar-refractivity contribution in [3.8, 4) is 0 Å². The second-order valence-corrected chi connectivity index (χ2v) is 5.95. The molecule has 23 heavy (non-hydrogen) atoms. The first-order valence-corrected chi connectivity index (χ1v) is 8.34. The zero-order chi connectivity index (χ0) is 16.1. The van der Waals surface area contributed by atoms with Crippen LogP contribution in [0.1, 0.15) is 37.4 Å². The van der Waals surface area contributed by atoms with Crippen LogP contribution in [-0.4, -0.2) is 55.0 Å². The highest BCUT2D eigenvalue weighted by atomic mass is 127. The summed E-state index contributed by atoms with van der Waals surface area (Å²) in [7, 11) is 1.86. The molecular formula is C17H31IN4O. The van der Waals surface area contributed by atoms with E-state index in [1.54, 1.807) is 0 Å². The molecule has 6 heteroatoms. The molecule has 2 heterocycles. The molecule has 0 amide bonds. The molecule has 0 aromatic carbocycles. The first kappa shape index (κ1) is 20.3. The van der Waals surface area contributed by atoms with Gasteiger partial charge in [0, 0.05) is 38.3 Å². The van der Waals surface area contributed by atoms with Gasteiger partial charge in [-0.25, -0.2) is 0 Å². The van der Waals surface area contributed by atoms with Crippen molar-refractivity contribution in [2.45, 2.75) is 46.7 Å². The Morgan fingerprint density at radius 2 is 2.09 bits per heavy atom. The molecule has 1 unspecified atom stereocenters. The van der Waals surface area contributed by atoms with Crippen molar-refractivity contribution in [3.05, 3.63) is 23.2 Å². The molecule has 0 aliphatic carbocycles. The minimum atomic E-state index is 0. The molecule has 0 saturated carbocycles. The summed E-state index contributed by atoms with van der Waals surface area (Å²) in [5.74, 6) is 2.95. The molecule has 0 bridgehead atoms. The van der Waals surface area contributed by atoms with Gasteiger partial charge in [-0.3, -0.25) is 9.89 Å². The number of furan rings is 1. The number of rotatable bonds is 5. The zero-order valence-corrected chi connectivity index (χ0v) is 17.4. The molecule has 1 aliphatic heterocycles. The maximum absolute atomic E-state index is 5.58. The van der Waals surface area contributed by atoms with Gasteiger partial charge < -0.3 is 14.6 Å². The Morgan fingerprint density at radius 1 is 1.39 bits per heavy atom. The first-order chi connectivity index (χ1) is 10.6. The van der Waals surface area contributed by atoms with E-state index in [1.807, 2.05) is 20.9 Å². The topological polar surface area (TPSA) is 44.0 Å². The lowest BCUT2D eigenvalue weighted by atomic mass is 10.2. The number of aliphatic imine (C=N–C) groups is 1. The van der Waals surface area contributed by atoms with Gasteiger partial charge in [-0.05, 0) is 39.4 Å². The van der Waals surface area contributed by atoms with Crippen LogP contribution in [0.15, 0.2) is 15.5 Å². The fraction of sp³-hybridized carbons (Fsp3) is 0.706. The number of halogens is 1. The number of likely N-dealkylation sites (N-methyl/N-ethyl adjacent to an activating group) is 1. The standard InChI is InChI=1S/C17H30N4O.HI/c1-6-20(7-2)16-8-9-21(12-16)17(18-5)19-11-15-10-13(3)22-14(15)4;/h10,16H,6-9,11-12H2,1-5H3,(H,18,19);1H. The maximum atomic E-state index is 5.58. The number of aryl methyl sites for hydroxylation is 2. The molecule has 132 valence electrons. The quantitative estimate of drug-likeness (QED) is 0.440. The Labute approximate surface area is 157 Å². The molecule has 1 saturated heterocycles. The number of hydrogen-bond acceptors (Lipinski definition) is 3. The van der Waals surface area contributed by atoms with Gasteiger partial charge >= 0.3 is 0 Å². The number of likely N-dealkylation sites (tertiary alicyclic amines) is 1. The molecule has 1 aromatic rings. The lowest BCUT2D eigenvalue weighted by Crippen LogP contribution is -2.43. The van der Waals surface area contributed by atoms with Crippen molar-refractivity contribution in [2.24, 2.45) is 4.99 Å². The van der Waals surface area contributed by atoms with Crippen LogP contribution < -0.4 is 5.32 Å². The first-order valence-electron chi connectivity index (χ1n) is 8.34. The van der Waals surface area contributed by atoms with Crippen LogP contribution in [0.2, 0.25) is 0 Å². The van der Waals surface area contributed by atoms with E-state index in [1.165, 1.54) is 12.0 Å². The third kappa shape index (κ3) is 5.11. The third-order valence-electron chi connectivity index (χ3n) is 4.58. The Kier molecular flexibility index (Phi) is 8.39. The van der Waals surface area contributed by atoms with Crippen LogP contribution in [0.4, 0.5) is 0 Å². The molecular weight excluding hydrogens is 403 g/mol. The van der Waals surface area contributed by atoms with Crippen LogP contribution in [-0.2, 0) is 6.54 Å². The van der Waals surface area contributed by atoms with Crippen LogP contribution in [0, 0.1) is 13.8 Å². The van der Waals surface area contributed by atoms with Gasteiger partial charge in [0.1, 0.15) is 11.5 Å². The summed E-state index contributed by atoms with van der Waals surface area (Å²) >= 11 is 0. The van der Waals surface area contributed by atoms with Crippen LogP contribution in [0.25, 0.3) is 0 Å². The van der Waals surface area contributed by atoms with E-state index in [-0.39, 0.29) is 24.0 Å². The molecule has 1 aliphatic rings. The van der Waals surface area contributed by atoms with Gasteiger partial charge in [-0.15, -0.1) is 24.0 Å². The minimum absolute atomic E-state index is 0. The molecule has 1 fully saturated rings. The van der Waals surface area contributed by atoms with Crippen molar-refractivity contribution >= 4 is 29.9 Å². The van der Waals surface area contributed by atoms with Crippen molar-refractivity contribution in [1.29, 1.82) is 0 Å². The SMILES string of the molecule is CCN(CC)C1CCN(C(=NC)NCc2cc(C)oc2C)C1.I. The average Bonchev–Trinajstić information content (AvgIpc) is 3.09. The number of hydrogen-bond donors (Lipinski definition) is 1. The van der Waals surface area contributed by atoms with Crippen LogP contribution in [0.3, 0.4) is 0 Å². The number of guanidine groups is 1. The predicted octanol–water partition coefficient (Wildman–Crippen LogP) is 3.01. The van der Waals surface area contributed by atoms with E-state index in [0.29, 0.717) is 6.04 Å². The second kappa shape index (κ2) is 9.52. The third-order valence-corrected chi connectivity index (χ3v) is 4.58. The van der Waals surface area contributed by atoms with Gasteiger partial charge in [0.2, 0.25) is 0 Å². The van der Waals surface area contributed by atoms with E-state index >= 15 is 0 Å². The van der Waals surface area contributed by atoms with Crippen molar-refractivity contribution in [2.75, 3.05) is 33.2 Å². The summed E-state index contributed by atoms with van der Waals surface area (Å²) in [6.07, 6.45) is 1.21. The van der Waals surface area contributed by atoms with E-state index in [2.05, 4.69) is 40.0 Å². The fourth-order valence-electron chi connectivity index (χ4n) is 3.34. The molecule has 1 N–H and O–H groups in total. The minimum Gasteiger partial charge on any atom is -0.466 e. The van der Waals surface area contributed by atoms with Gasteiger partial charge in [0.25, 0.3) is 0 Å². The molecule has 0 spiro atoms. The Balaban J connectivity index is 0.00000264. The largest absolute Gasteiger partial charge is 0.466 e. The summed E-state index contributed by atoms with van der Waals surface area (Å²) in [6.45, 7) is 13.6. The van der Waals surface area contributed by atoms with Gasteiger partial charge in [-0.2, -0.15) is 0 Å². The lowest BCUT2D eigenvalue weighted by Gasteiger charge is -2.27. The van der Waals surface area contributed by atoms with Gasteiger partial charge in [0.15, 0.2) is 5.96 Å². The predicted molar refractivity (Wildman–Crippen MR) is 107 cm³/mol. The highest BCUT2D eigenvalue weighted by molar-refractivity contribution is 14.0. The normalized spacial score (nSPS) is 18.4. The van der Waals surface area contributed by atoms with Crippen molar-refractivity contribution in [1.82, 2.24) is 15.1 Å². The monoisotopic (exact) mass is 434 g/mol. The average molecular weight is 434 g/mol. The maximum Gasteiger partial charge on any atom is 0.193 e. The van der Waals surface area contributed by atoms with Crippen LogP contribution in [0.5, 0.6) is 0 Å². The zero-order valence-electron chi connectivity index (χ0n) is 15.1. The highest BCUT2D eigenvalue weighted by Crippen LogP contribution is 2.17. The molecule has 2 rings (SSSR count). The van der Waals surface area contributed by atoms with E-state index < -0.39 is 0 Å². The summed E-state index contributed by atoms with van der Waals surface area (Å²) in [5.41, 5.74) is 1.21. The second-order valence-electron chi connectivity index (χ2n) is 5.95. The molecule has 0 radical (unpaired) electrons. The molecule has 1 aromatic heterocycles. The lowest BCUT2D eigenvalue weighted by molar-refractivity contribution is 0.223. The summed E-state index contributed by atoms with van der Waals surface area (Å²) in [6, 6.07) is 2.74.